The first-order chi connectivity index (χ1) is 7.45. The highest BCUT2D eigenvalue weighted by molar-refractivity contribution is 5.14. The lowest BCUT2D eigenvalue weighted by Crippen LogP contribution is -2.16. The standard InChI is InChI=1S/C14H19N/c1-2-8-14(9-3-1)12-15-11-10-13-6-4-5-7-13/h1-4,6,8-9,13,15H,5,7,10-12H2. The summed E-state index contributed by atoms with van der Waals surface area (Å²) in [6, 6.07) is 10.6. The summed E-state index contributed by atoms with van der Waals surface area (Å²) in [5.74, 6) is 0.827. The minimum atomic E-state index is 0.827. The molecule has 0 saturated carbocycles. The van der Waals surface area contributed by atoms with Crippen molar-refractivity contribution in [2.75, 3.05) is 6.54 Å². The van der Waals surface area contributed by atoms with E-state index < -0.39 is 0 Å². The van der Waals surface area contributed by atoms with Crippen molar-refractivity contribution in [1.82, 2.24) is 5.32 Å². The van der Waals surface area contributed by atoms with Crippen LogP contribution in [0.15, 0.2) is 42.5 Å². The molecule has 1 aromatic carbocycles. The van der Waals surface area contributed by atoms with E-state index in [1.165, 1.54) is 24.8 Å². The third kappa shape index (κ3) is 3.52. The average molecular weight is 201 g/mol. The highest BCUT2D eigenvalue weighted by Crippen LogP contribution is 2.19. The Kier molecular flexibility index (Phi) is 3.98. The van der Waals surface area contributed by atoms with E-state index in [1.807, 2.05) is 0 Å². The van der Waals surface area contributed by atoms with Crippen LogP contribution in [0.1, 0.15) is 24.8 Å². The molecule has 1 unspecified atom stereocenters. The Balaban J connectivity index is 1.61. The molecule has 0 saturated heterocycles. The van der Waals surface area contributed by atoms with Gasteiger partial charge >= 0.3 is 0 Å². The first-order valence-electron chi connectivity index (χ1n) is 5.86. The molecule has 0 bridgehead atoms. The lowest BCUT2D eigenvalue weighted by atomic mass is 10.1. The topological polar surface area (TPSA) is 12.0 Å². The van der Waals surface area contributed by atoms with Gasteiger partial charge < -0.3 is 5.32 Å². The summed E-state index contributed by atoms with van der Waals surface area (Å²) >= 11 is 0. The second kappa shape index (κ2) is 5.72. The number of hydrogen-bond acceptors (Lipinski definition) is 1. The Morgan fingerprint density at radius 3 is 2.80 bits per heavy atom. The molecule has 0 amide bonds. The van der Waals surface area contributed by atoms with Crippen molar-refractivity contribution in [3.8, 4) is 0 Å². The third-order valence-electron chi connectivity index (χ3n) is 2.98. The molecule has 2 rings (SSSR count). The first-order valence-corrected chi connectivity index (χ1v) is 5.86. The summed E-state index contributed by atoms with van der Waals surface area (Å²) in [6.07, 6.45) is 8.59. The fourth-order valence-corrected chi connectivity index (χ4v) is 2.05. The van der Waals surface area contributed by atoms with Crippen LogP contribution in [-0.2, 0) is 6.54 Å². The van der Waals surface area contributed by atoms with Crippen molar-refractivity contribution in [2.24, 2.45) is 5.92 Å². The average Bonchev–Trinajstić information content (AvgIpc) is 2.79. The van der Waals surface area contributed by atoms with Gasteiger partial charge in [0.15, 0.2) is 0 Å². The largest absolute Gasteiger partial charge is 0.313 e. The second-order valence-electron chi connectivity index (χ2n) is 4.22. The van der Waals surface area contributed by atoms with Gasteiger partial charge in [-0.25, -0.2) is 0 Å². The fraction of sp³-hybridized carbons (Fsp3) is 0.429. The number of nitrogens with one attached hydrogen (secondary N) is 1. The summed E-state index contributed by atoms with van der Waals surface area (Å²) < 4.78 is 0. The maximum absolute atomic E-state index is 3.49. The van der Waals surface area contributed by atoms with E-state index in [0.717, 1.165) is 19.0 Å². The molecule has 0 radical (unpaired) electrons. The molecule has 0 aliphatic heterocycles. The molecule has 15 heavy (non-hydrogen) atoms. The van der Waals surface area contributed by atoms with E-state index in [9.17, 15) is 0 Å². The van der Waals surface area contributed by atoms with Crippen molar-refractivity contribution in [1.29, 1.82) is 0 Å². The quantitative estimate of drug-likeness (QED) is 0.570. The lowest BCUT2D eigenvalue weighted by molar-refractivity contribution is 0.535. The van der Waals surface area contributed by atoms with E-state index in [4.69, 9.17) is 0 Å². The highest BCUT2D eigenvalue weighted by atomic mass is 14.8. The lowest BCUT2D eigenvalue weighted by Gasteiger charge is -2.08. The van der Waals surface area contributed by atoms with Gasteiger partial charge in [0, 0.05) is 6.54 Å². The molecule has 0 fully saturated rings. The fourth-order valence-electron chi connectivity index (χ4n) is 2.05. The molecule has 1 aliphatic rings. The number of allylic oxidation sites excluding steroid dienone is 2. The minimum absolute atomic E-state index is 0.827. The Hall–Kier alpha value is -1.08. The number of benzene rings is 1. The molecule has 1 heteroatoms. The zero-order chi connectivity index (χ0) is 10.3. The van der Waals surface area contributed by atoms with Gasteiger partial charge in [-0.1, -0.05) is 42.5 Å². The maximum atomic E-state index is 3.49. The van der Waals surface area contributed by atoms with E-state index in [1.54, 1.807) is 0 Å². The van der Waals surface area contributed by atoms with Gasteiger partial charge in [0.25, 0.3) is 0 Å². The van der Waals surface area contributed by atoms with Crippen LogP contribution in [-0.4, -0.2) is 6.54 Å². The summed E-state index contributed by atoms with van der Waals surface area (Å²) in [6.45, 7) is 2.13. The van der Waals surface area contributed by atoms with Crippen LogP contribution >= 0.6 is 0 Å². The zero-order valence-electron chi connectivity index (χ0n) is 9.15. The van der Waals surface area contributed by atoms with Crippen molar-refractivity contribution in [3.63, 3.8) is 0 Å². The van der Waals surface area contributed by atoms with Gasteiger partial charge in [0.2, 0.25) is 0 Å². The van der Waals surface area contributed by atoms with Gasteiger partial charge in [-0.2, -0.15) is 0 Å². The molecule has 1 nitrogen and oxygen atoms in total. The molecule has 80 valence electrons. The summed E-state index contributed by atoms with van der Waals surface area (Å²) in [7, 11) is 0. The number of rotatable bonds is 5. The Morgan fingerprint density at radius 1 is 1.20 bits per heavy atom. The van der Waals surface area contributed by atoms with E-state index in [0.29, 0.717) is 0 Å². The number of hydrogen-bond donors (Lipinski definition) is 1. The third-order valence-corrected chi connectivity index (χ3v) is 2.98. The smallest absolute Gasteiger partial charge is 0.0205 e. The van der Waals surface area contributed by atoms with Crippen LogP contribution in [0.25, 0.3) is 0 Å². The van der Waals surface area contributed by atoms with Gasteiger partial charge in [0.1, 0.15) is 0 Å². The van der Waals surface area contributed by atoms with Gasteiger partial charge in [-0.05, 0) is 37.3 Å². The summed E-state index contributed by atoms with van der Waals surface area (Å²) in [4.78, 5) is 0. The van der Waals surface area contributed by atoms with Crippen LogP contribution in [0.3, 0.4) is 0 Å². The molecule has 1 aliphatic carbocycles. The first kappa shape index (κ1) is 10.4. The molecular weight excluding hydrogens is 182 g/mol. The van der Waals surface area contributed by atoms with Gasteiger partial charge in [0.05, 0.1) is 0 Å². The molecule has 0 aromatic heterocycles. The molecule has 0 spiro atoms. The molecular formula is C14H19N. The van der Waals surface area contributed by atoms with E-state index in [-0.39, 0.29) is 0 Å². The predicted octanol–water partition coefficient (Wildman–Crippen LogP) is 3.13. The molecule has 1 N–H and O–H groups in total. The van der Waals surface area contributed by atoms with E-state index in [2.05, 4.69) is 47.8 Å². The predicted molar refractivity (Wildman–Crippen MR) is 64.6 cm³/mol. The van der Waals surface area contributed by atoms with Crippen LogP contribution in [0.2, 0.25) is 0 Å². The van der Waals surface area contributed by atoms with Gasteiger partial charge in [-0.15, -0.1) is 0 Å². The minimum Gasteiger partial charge on any atom is -0.313 e. The highest BCUT2D eigenvalue weighted by Gasteiger charge is 2.07. The Morgan fingerprint density at radius 2 is 2.07 bits per heavy atom. The van der Waals surface area contributed by atoms with Crippen molar-refractivity contribution < 1.29 is 0 Å². The zero-order valence-corrected chi connectivity index (χ0v) is 9.15. The SMILES string of the molecule is C1=CC(CCNCc2ccccc2)CC1. The Labute approximate surface area is 92.2 Å². The van der Waals surface area contributed by atoms with Crippen molar-refractivity contribution >= 4 is 0 Å². The van der Waals surface area contributed by atoms with Gasteiger partial charge in [-0.3, -0.25) is 0 Å². The molecule has 1 aromatic rings. The maximum Gasteiger partial charge on any atom is 0.0205 e. The van der Waals surface area contributed by atoms with Crippen LogP contribution < -0.4 is 5.32 Å². The second-order valence-corrected chi connectivity index (χ2v) is 4.22. The summed E-state index contributed by atoms with van der Waals surface area (Å²) in [5.41, 5.74) is 1.37. The van der Waals surface area contributed by atoms with Crippen LogP contribution in [0, 0.1) is 5.92 Å². The molecule has 0 heterocycles. The van der Waals surface area contributed by atoms with E-state index >= 15 is 0 Å². The Bertz CT molecular complexity index is 302. The van der Waals surface area contributed by atoms with Crippen LogP contribution in [0.4, 0.5) is 0 Å². The normalized spacial score (nSPS) is 19.6. The van der Waals surface area contributed by atoms with Crippen molar-refractivity contribution in [3.05, 3.63) is 48.0 Å². The van der Waals surface area contributed by atoms with Crippen molar-refractivity contribution in [2.45, 2.75) is 25.8 Å². The monoisotopic (exact) mass is 201 g/mol. The summed E-state index contributed by atoms with van der Waals surface area (Å²) in [5, 5.41) is 3.49. The molecule has 1 atom stereocenters. The van der Waals surface area contributed by atoms with Crippen LogP contribution in [0.5, 0.6) is 0 Å².